The number of hydrogen-bond acceptors (Lipinski definition) is 4. The number of nitrogens with zero attached hydrogens (tertiary/aromatic N) is 4. The number of benzene rings is 1. The highest BCUT2D eigenvalue weighted by molar-refractivity contribution is 5.92. The van der Waals surface area contributed by atoms with Gasteiger partial charge in [0.05, 0.1) is 11.8 Å². The van der Waals surface area contributed by atoms with Crippen molar-refractivity contribution in [2.24, 2.45) is 13.0 Å². The van der Waals surface area contributed by atoms with E-state index in [2.05, 4.69) is 10.00 Å². The summed E-state index contributed by atoms with van der Waals surface area (Å²) in [5.74, 6) is 0.341. The number of aromatic nitrogens is 2. The second kappa shape index (κ2) is 9.92. The molecule has 0 N–H and O–H groups in total. The van der Waals surface area contributed by atoms with Crippen LogP contribution in [0.1, 0.15) is 47.4 Å². The number of piperidine rings is 1. The van der Waals surface area contributed by atoms with E-state index in [-0.39, 0.29) is 17.8 Å². The first-order valence-corrected chi connectivity index (χ1v) is 11.4. The molecular weight excluding hydrogens is 395 g/mol. The molecule has 7 heteroatoms. The van der Waals surface area contributed by atoms with E-state index in [1.165, 1.54) is 6.07 Å². The van der Waals surface area contributed by atoms with Crippen molar-refractivity contribution < 1.29 is 13.9 Å². The summed E-state index contributed by atoms with van der Waals surface area (Å²) >= 11 is 0. The van der Waals surface area contributed by atoms with Crippen LogP contribution in [0, 0.1) is 18.7 Å². The van der Waals surface area contributed by atoms with Crippen LogP contribution in [-0.2, 0) is 18.3 Å². The Balaban J connectivity index is 1.37. The predicted octanol–water partition coefficient (Wildman–Crippen LogP) is 3.40. The van der Waals surface area contributed by atoms with Crippen LogP contribution in [0.4, 0.5) is 4.39 Å². The number of rotatable bonds is 7. The second-order valence-corrected chi connectivity index (χ2v) is 8.95. The summed E-state index contributed by atoms with van der Waals surface area (Å²) in [4.78, 5) is 17.6. The van der Waals surface area contributed by atoms with Crippen LogP contribution in [0.5, 0.6) is 0 Å². The summed E-state index contributed by atoms with van der Waals surface area (Å²) in [5.41, 5.74) is 2.24. The molecule has 0 spiro atoms. The number of halogens is 1. The quantitative estimate of drug-likeness (QED) is 0.678. The molecule has 2 fully saturated rings. The number of carbonyl (C=O) groups is 1. The monoisotopic (exact) mass is 428 g/mol. The molecule has 1 amide bonds. The van der Waals surface area contributed by atoms with Crippen molar-refractivity contribution in [3.63, 3.8) is 0 Å². The van der Waals surface area contributed by atoms with Crippen molar-refractivity contribution in [2.75, 3.05) is 32.8 Å². The molecule has 1 aromatic carbocycles. The molecule has 31 heavy (non-hydrogen) atoms. The van der Waals surface area contributed by atoms with Crippen molar-refractivity contribution in [1.29, 1.82) is 0 Å². The number of ether oxygens (including phenoxy) is 1. The lowest BCUT2D eigenvalue weighted by Gasteiger charge is -2.35. The van der Waals surface area contributed by atoms with E-state index >= 15 is 0 Å². The highest BCUT2D eigenvalue weighted by Gasteiger charge is 2.29. The molecule has 2 aliphatic heterocycles. The Kier molecular flexibility index (Phi) is 7.02. The number of likely N-dealkylation sites (tertiary alicyclic amines) is 1. The highest BCUT2D eigenvalue weighted by atomic mass is 19.1. The molecule has 1 aromatic heterocycles. The molecule has 2 aliphatic rings. The van der Waals surface area contributed by atoms with E-state index in [1.54, 1.807) is 10.7 Å². The summed E-state index contributed by atoms with van der Waals surface area (Å²) in [7, 11) is 1.83. The fraction of sp³-hybridized carbons (Fsp3) is 0.583. The molecule has 2 aromatic rings. The van der Waals surface area contributed by atoms with Crippen molar-refractivity contribution in [3.05, 3.63) is 53.1 Å². The molecule has 0 radical (unpaired) electrons. The number of aryl methyl sites for hydroxylation is 2. The summed E-state index contributed by atoms with van der Waals surface area (Å²) in [6, 6.07) is 8.87. The third kappa shape index (κ3) is 5.52. The van der Waals surface area contributed by atoms with Crippen LogP contribution in [0.3, 0.4) is 0 Å². The average Bonchev–Trinajstić information content (AvgIpc) is 3.39. The van der Waals surface area contributed by atoms with E-state index in [0.29, 0.717) is 24.7 Å². The Morgan fingerprint density at radius 3 is 2.65 bits per heavy atom. The molecular formula is C24H33FN4O2. The van der Waals surface area contributed by atoms with Gasteiger partial charge in [-0.15, -0.1) is 0 Å². The van der Waals surface area contributed by atoms with Crippen LogP contribution in [-0.4, -0.2) is 64.4 Å². The summed E-state index contributed by atoms with van der Waals surface area (Å²) < 4.78 is 21.5. The van der Waals surface area contributed by atoms with Crippen molar-refractivity contribution in [3.8, 4) is 0 Å². The van der Waals surface area contributed by atoms with Crippen molar-refractivity contribution in [2.45, 2.75) is 45.3 Å². The zero-order valence-corrected chi connectivity index (χ0v) is 18.6. The van der Waals surface area contributed by atoms with E-state index in [9.17, 15) is 9.18 Å². The Morgan fingerprint density at radius 1 is 1.23 bits per heavy atom. The molecule has 1 atom stereocenters. The SMILES string of the molecule is Cc1cc(C(=O)N(CC2CCN(Cc3ccccc3F)CC2)C[C@@H]2CCCO2)n(C)n1. The fourth-order valence-corrected chi connectivity index (χ4v) is 4.75. The van der Waals surface area contributed by atoms with Gasteiger partial charge in [-0.1, -0.05) is 18.2 Å². The van der Waals surface area contributed by atoms with Crippen molar-refractivity contribution in [1.82, 2.24) is 19.6 Å². The third-order valence-electron chi connectivity index (χ3n) is 6.49. The zero-order valence-electron chi connectivity index (χ0n) is 18.6. The molecule has 3 heterocycles. The average molecular weight is 429 g/mol. The summed E-state index contributed by atoms with van der Waals surface area (Å²) in [5, 5.41) is 4.35. The highest BCUT2D eigenvalue weighted by Crippen LogP contribution is 2.23. The van der Waals surface area contributed by atoms with E-state index < -0.39 is 0 Å². The maximum absolute atomic E-state index is 14.0. The van der Waals surface area contributed by atoms with Crippen LogP contribution in [0.15, 0.2) is 30.3 Å². The lowest BCUT2D eigenvalue weighted by atomic mass is 9.95. The standard InChI is InChI=1S/C24H33FN4O2/c1-18-14-23(27(2)26-18)24(30)29(17-21-7-5-13-31-21)15-19-9-11-28(12-10-19)16-20-6-3-4-8-22(20)25/h3-4,6,8,14,19,21H,5,7,9-13,15-17H2,1-2H3/t21-/m0/s1. The second-order valence-electron chi connectivity index (χ2n) is 8.95. The van der Waals surface area contributed by atoms with Gasteiger partial charge in [-0.2, -0.15) is 5.10 Å². The minimum absolute atomic E-state index is 0.0346. The molecule has 168 valence electrons. The van der Waals surface area contributed by atoms with Crippen LogP contribution in [0.25, 0.3) is 0 Å². The van der Waals surface area contributed by atoms with Gasteiger partial charge in [-0.25, -0.2) is 4.39 Å². The van der Waals surface area contributed by atoms with Gasteiger partial charge in [0.25, 0.3) is 5.91 Å². The minimum atomic E-state index is -0.135. The van der Waals surface area contributed by atoms with E-state index in [4.69, 9.17) is 4.74 Å². The van der Waals surface area contributed by atoms with Crippen LogP contribution in [0.2, 0.25) is 0 Å². The van der Waals surface area contributed by atoms with Crippen LogP contribution < -0.4 is 0 Å². The first kappa shape index (κ1) is 22.0. The first-order valence-electron chi connectivity index (χ1n) is 11.4. The topological polar surface area (TPSA) is 50.6 Å². The van der Waals surface area contributed by atoms with Gasteiger partial charge in [-0.3, -0.25) is 14.4 Å². The lowest BCUT2D eigenvalue weighted by molar-refractivity contribution is 0.0436. The minimum Gasteiger partial charge on any atom is -0.376 e. The number of amides is 1. The van der Waals surface area contributed by atoms with E-state index in [0.717, 1.165) is 63.2 Å². The maximum atomic E-state index is 14.0. The molecule has 2 saturated heterocycles. The Hall–Kier alpha value is -2.25. The molecule has 0 saturated carbocycles. The van der Waals surface area contributed by atoms with E-state index in [1.807, 2.05) is 37.1 Å². The van der Waals surface area contributed by atoms with Gasteiger partial charge in [-0.05, 0) is 63.7 Å². The van der Waals surface area contributed by atoms with Gasteiger partial charge in [0, 0.05) is 38.9 Å². The normalized spacial score (nSPS) is 20.3. The van der Waals surface area contributed by atoms with Gasteiger partial charge >= 0.3 is 0 Å². The largest absolute Gasteiger partial charge is 0.376 e. The van der Waals surface area contributed by atoms with Crippen molar-refractivity contribution >= 4 is 5.91 Å². The fourth-order valence-electron chi connectivity index (χ4n) is 4.75. The molecule has 0 bridgehead atoms. The molecule has 6 nitrogen and oxygen atoms in total. The molecule has 4 rings (SSSR count). The zero-order chi connectivity index (χ0) is 21.8. The van der Waals surface area contributed by atoms with Crippen LogP contribution >= 0.6 is 0 Å². The smallest absolute Gasteiger partial charge is 0.272 e. The van der Waals surface area contributed by atoms with Gasteiger partial charge in [0.2, 0.25) is 0 Å². The summed E-state index contributed by atoms with van der Waals surface area (Å²) in [6.45, 7) is 6.55. The predicted molar refractivity (Wildman–Crippen MR) is 117 cm³/mol. The van der Waals surface area contributed by atoms with Gasteiger partial charge in [0.15, 0.2) is 0 Å². The summed E-state index contributed by atoms with van der Waals surface area (Å²) in [6.07, 6.45) is 4.21. The Labute approximate surface area is 184 Å². The molecule has 0 aliphatic carbocycles. The lowest BCUT2D eigenvalue weighted by Crippen LogP contribution is -2.44. The first-order chi connectivity index (χ1) is 15.0. The molecule has 0 unspecified atom stereocenters. The third-order valence-corrected chi connectivity index (χ3v) is 6.49. The maximum Gasteiger partial charge on any atom is 0.272 e. The number of hydrogen-bond donors (Lipinski definition) is 0. The number of carbonyl (C=O) groups excluding carboxylic acids is 1. The Morgan fingerprint density at radius 2 is 2.00 bits per heavy atom. The Bertz CT molecular complexity index is 885. The van der Waals surface area contributed by atoms with Gasteiger partial charge < -0.3 is 9.64 Å². The van der Waals surface area contributed by atoms with Gasteiger partial charge in [0.1, 0.15) is 11.5 Å².